The number of hydrogen-bond acceptors (Lipinski definition) is 7. The van der Waals surface area contributed by atoms with Crippen LogP contribution in [0.2, 0.25) is 0 Å². The van der Waals surface area contributed by atoms with Gasteiger partial charge in [0.15, 0.2) is 21.4 Å². The number of nitrogens with zero attached hydrogens (tertiary/aromatic N) is 4. The highest BCUT2D eigenvalue weighted by molar-refractivity contribution is 9.10. The zero-order valence-electron chi connectivity index (χ0n) is 13.4. The summed E-state index contributed by atoms with van der Waals surface area (Å²) >= 11 is 4.46. The SMILES string of the molecule is Cn1c(SCC(=O)Nc2ccc([N+](=O)[O-])cc2)nnc1-c1ccc(Br)o1. The van der Waals surface area contributed by atoms with Gasteiger partial charge >= 0.3 is 0 Å². The van der Waals surface area contributed by atoms with Gasteiger partial charge in [0.1, 0.15) is 0 Å². The third-order valence-electron chi connectivity index (χ3n) is 3.32. The van der Waals surface area contributed by atoms with Gasteiger partial charge in [-0.05, 0) is 40.2 Å². The maximum atomic E-state index is 12.0. The molecule has 11 heteroatoms. The van der Waals surface area contributed by atoms with Gasteiger partial charge in [0.2, 0.25) is 5.91 Å². The van der Waals surface area contributed by atoms with Crippen LogP contribution < -0.4 is 5.32 Å². The molecule has 134 valence electrons. The molecule has 3 aromatic rings. The second-order valence-corrected chi connectivity index (χ2v) is 6.83. The van der Waals surface area contributed by atoms with Crippen LogP contribution in [0.25, 0.3) is 11.6 Å². The normalized spacial score (nSPS) is 10.7. The molecule has 0 fully saturated rings. The number of benzene rings is 1. The molecular formula is C15H12BrN5O4S. The lowest BCUT2D eigenvalue weighted by Gasteiger charge is -2.05. The molecule has 1 amide bonds. The van der Waals surface area contributed by atoms with Crippen LogP contribution >= 0.6 is 27.7 Å². The van der Waals surface area contributed by atoms with Crippen LogP contribution in [-0.4, -0.2) is 31.3 Å². The Morgan fingerprint density at radius 3 is 2.65 bits per heavy atom. The Morgan fingerprint density at radius 1 is 1.31 bits per heavy atom. The van der Waals surface area contributed by atoms with Gasteiger partial charge in [-0.2, -0.15) is 0 Å². The molecule has 0 atom stereocenters. The highest BCUT2D eigenvalue weighted by atomic mass is 79.9. The van der Waals surface area contributed by atoms with Crippen molar-refractivity contribution in [1.82, 2.24) is 14.8 Å². The van der Waals surface area contributed by atoms with E-state index in [9.17, 15) is 14.9 Å². The van der Waals surface area contributed by atoms with Crippen molar-refractivity contribution in [2.75, 3.05) is 11.1 Å². The molecule has 0 aliphatic heterocycles. The molecule has 2 heterocycles. The first kappa shape index (κ1) is 18.1. The Morgan fingerprint density at radius 2 is 2.04 bits per heavy atom. The maximum absolute atomic E-state index is 12.0. The lowest BCUT2D eigenvalue weighted by atomic mass is 10.3. The van der Waals surface area contributed by atoms with Crippen LogP contribution in [0.15, 0.2) is 50.6 Å². The Hall–Kier alpha value is -2.66. The summed E-state index contributed by atoms with van der Waals surface area (Å²) in [5.74, 6) is 0.974. The van der Waals surface area contributed by atoms with Gasteiger partial charge in [0.25, 0.3) is 5.69 Å². The van der Waals surface area contributed by atoms with Crippen molar-refractivity contribution >= 4 is 45.0 Å². The molecule has 0 radical (unpaired) electrons. The predicted molar refractivity (Wildman–Crippen MR) is 98.9 cm³/mol. The number of carbonyl (C=O) groups is 1. The van der Waals surface area contributed by atoms with E-state index < -0.39 is 4.92 Å². The molecule has 0 saturated heterocycles. The largest absolute Gasteiger partial charge is 0.446 e. The van der Waals surface area contributed by atoms with Crippen molar-refractivity contribution in [3.63, 3.8) is 0 Å². The average molecular weight is 438 g/mol. The van der Waals surface area contributed by atoms with Gasteiger partial charge < -0.3 is 14.3 Å². The molecule has 1 N–H and O–H groups in total. The van der Waals surface area contributed by atoms with Gasteiger partial charge in [-0.3, -0.25) is 14.9 Å². The highest BCUT2D eigenvalue weighted by Gasteiger charge is 2.15. The molecule has 0 bridgehead atoms. The van der Waals surface area contributed by atoms with Crippen molar-refractivity contribution in [3.8, 4) is 11.6 Å². The van der Waals surface area contributed by atoms with E-state index in [0.29, 0.717) is 27.1 Å². The summed E-state index contributed by atoms with van der Waals surface area (Å²) in [6, 6.07) is 9.16. The molecule has 0 spiro atoms. The number of aromatic nitrogens is 3. The number of rotatable bonds is 6. The first-order valence-corrected chi connectivity index (χ1v) is 9.04. The highest BCUT2D eigenvalue weighted by Crippen LogP contribution is 2.26. The molecule has 3 rings (SSSR count). The third kappa shape index (κ3) is 4.11. The number of furan rings is 1. The van der Waals surface area contributed by atoms with Crippen molar-refractivity contribution in [3.05, 3.63) is 51.2 Å². The van der Waals surface area contributed by atoms with Crippen LogP contribution in [0.1, 0.15) is 0 Å². The Bertz CT molecular complexity index is 953. The smallest absolute Gasteiger partial charge is 0.269 e. The molecule has 0 unspecified atom stereocenters. The van der Waals surface area contributed by atoms with E-state index in [1.807, 2.05) is 0 Å². The van der Waals surface area contributed by atoms with Crippen molar-refractivity contribution in [2.24, 2.45) is 7.05 Å². The molecule has 2 aromatic heterocycles. The van der Waals surface area contributed by atoms with Crippen LogP contribution in [0.4, 0.5) is 11.4 Å². The van der Waals surface area contributed by atoms with Gasteiger partial charge in [-0.1, -0.05) is 11.8 Å². The molecular weight excluding hydrogens is 426 g/mol. The number of hydrogen-bond donors (Lipinski definition) is 1. The molecule has 0 aliphatic rings. The van der Waals surface area contributed by atoms with E-state index >= 15 is 0 Å². The minimum Gasteiger partial charge on any atom is -0.446 e. The Labute approximate surface area is 160 Å². The van der Waals surface area contributed by atoms with Crippen molar-refractivity contribution in [2.45, 2.75) is 5.16 Å². The monoisotopic (exact) mass is 437 g/mol. The van der Waals surface area contributed by atoms with E-state index in [1.54, 1.807) is 23.7 Å². The van der Waals surface area contributed by atoms with Crippen molar-refractivity contribution < 1.29 is 14.1 Å². The number of non-ortho nitro benzene ring substituents is 1. The molecule has 0 saturated carbocycles. The lowest BCUT2D eigenvalue weighted by molar-refractivity contribution is -0.384. The van der Waals surface area contributed by atoms with Crippen molar-refractivity contribution in [1.29, 1.82) is 0 Å². The molecule has 9 nitrogen and oxygen atoms in total. The van der Waals surface area contributed by atoms with E-state index in [-0.39, 0.29) is 17.3 Å². The van der Waals surface area contributed by atoms with Crippen LogP contribution in [-0.2, 0) is 11.8 Å². The first-order chi connectivity index (χ1) is 12.4. The number of halogens is 1. The number of carbonyl (C=O) groups excluding carboxylic acids is 1. The van der Waals surface area contributed by atoms with Gasteiger partial charge in [0.05, 0.1) is 10.7 Å². The standard InChI is InChI=1S/C15H12BrN5O4S/c1-20-14(11-6-7-12(16)25-11)18-19-15(20)26-8-13(22)17-9-2-4-10(5-3-9)21(23)24/h2-7H,8H2,1H3,(H,17,22). The topological polar surface area (TPSA) is 116 Å². The van der Waals surface area contributed by atoms with Gasteiger partial charge in [0, 0.05) is 24.9 Å². The third-order valence-corrected chi connectivity index (χ3v) is 4.77. The number of nitro benzene ring substituents is 1. The summed E-state index contributed by atoms with van der Waals surface area (Å²) in [7, 11) is 1.78. The van der Waals surface area contributed by atoms with Gasteiger partial charge in [-0.25, -0.2) is 0 Å². The number of amides is 1. The van der Waals surface area contributed by atoms with Crippen LogP contribution in [0.5, 0.6) is 0 Å². The lowest BCUT2D eigenvalue weighted by Crippen LogP contribution is -2.14. The average Bonchev–Trinajstić information content (AvgIpc) is 3.19. The number of thioether (sulfide) groups is 1. The molecule has 0 aliphatic carbocycles. The number of nitro groups is 1. The number of nitrogens with one attached hydrogen (secondary N) is 1. The zero-order chi connectivity index (χ0) is 18.7. The summed E-state index contributed by atoms with van der Waals surface area (Å²) in [6.45, 7) is 0. The summed E-state index contributed by atoms with van der Waals surface area (Å²) in [4.78, 5) is 22.2. The maximum Gasteiger partial charge on any atom is 0.269 e. The fraction of sp³-hybridized carbons (Fsp3) is 0.133. The second-order valence-electron chi connectivity index (χ2n) is 5.11. The van der Waals surface area contributed by atoms with Crippen LogP contribution in [0.3, 0.4) is 0 Å². The Kier molecular flexibility index (Phi) is 5.38. The zero-order valence-corrected chi connectivity index (χ0v) is 15.8. The summed E-state index contributed by atoms with van der Waals surface area (Å²) < 4.78 is 7.77. The number of anilines is 1. The van der Waals surface area contributed by atoms with E-state index in [0.717, 1.165) is 0 Å². The van der Waals surface area contributed by atoms with E-state index in [4.69, 9.17) is 4.42 Å². The first-order valence-electron chi connectivity index (χ1n) is 7.26. The van der Waals surface area contributed by atoms with Crippen LogP contribution in [0, 0.1) is 10.1 Å². The fourth-order valence-electron chi connectivity index (χ4n) is 2.08. The Balaban J connectivity index is 1.59. The molecule has 1 aromatic carbocycles. The summed E-state index contributed by atoms with van der Waals surface area (Å²) in [5.41, 5.74) is 0.453. The minimum absolute atomic E-state index is 0.0337. The second kappa shape index (κ2) is 7.70. The van der Waals surface area contributed by atoms with E-state index in [1.165, 1.54) is 36.0 Å². The molecule has 26 heavy (non-hydrogen) atoms. The van der Waals surface area contributed by atoms with Gasteiger partial charge in [-0.15, -0.1) is 10.2 Å². The predicted octanol–water partition coefficient (Wildman–Crippen LogP) is 3.48. The van der Waals surface area contributed by atoms with E-state index in [2.05, 4.69) is 31.4 Å². The summed E-state index contributed by atoms with van der Waals surface area (Å²) in [6.07, 6.45) is 0. The minimum atomic E-state index is -0.495. The summed E-state index contributed by atoms with van der Waals surface area (Å²) in [5, 5.41) is 22.0. The quantitative estimate of drug-likeness (QED) is 0.356. The fourth-order valence-corrected chi connectivity index (χ4v) is 3.10.